The number of anilines is 1. The first-order valence-corrected chi connectivity index (χ1v) is 7.42. The molecule has 4 heteroatoms. The summed E-state index contributed by atoms with van der Waals surface area (Å²) in [6.07, 6.45) is 6.89. The Morgan fingerprint density at radius 2 is 1.84 bits per heavy atom. The van der Waals surface area contributed by atoms with Gasteiger partial charge in [-0.3, -0.25) is 4.90 Å². The summed E-state index contributed by atoms with van der Waals surface area (Å²) in [6.45, 7) is 5.41. The van der Waals surface area contributed by atoms with Crippen LogP contribution in [0.1, 0.15) is 25.7 Å². The second-order valence-electron chi connectivity index (χ2n) is 6.02. The molecule has 2 aliphatic rings. The second-order valence-corrected chi connectivity index (χ2v) is 6.02. The number of hydrogen-bond acceptors (Lipinski definition) is 4. The molecule has 1 aliphatic heterocycles. The molecule has 1 aromatic rings. The zero-order chi connectivity index (χ0) is 13.1. The average molecular weight is 260 g/mol. The second kappa shape index (κ2) is 5.47. The quantitative estimate of drug-likeness (QED) is 0.894. The molecule has 0 aromatic carbocycles. The summed E-state index contributed by atoms with van der Waals surface area (Å²) in [7, 11) is 0. The summed E-state index contributed by atoms with van der Waals surface area (Å²) in [5.41, 5.74) is 6.56. The van der Waals surface area contributed by atoms with Gasteiger partial charge in [0.1, 0.15) is 5.82 Å². The van der Waals surface area contributed by atoms with Crippen molar-refractivity contribution in [1.29, 1.82) is 0 Å². The number of aromatic nitrogens is 1. The minimum absolute atomic E-state index is 0.0904. The van der Waals surface area contributed by atoms with E-state index in [1.54, 1.807) is 0 Å². The van der Waals surface area contributed by atoms with E-state index in [2.05, 4.69) is 26.9 Å². The Labute approximate surface area is 115 Å². The number of nitrogens with zero attached hydrogens (tertiary/aromatic N) is 3. The van der Waals surface area contributed by atoms with E-state index in [4.69, 9.17) is 5.73 Å². The minimum Gasteiger partial charge on any atom is -0.354 e. The average Bonchev–Trinajstić information content (AvgIpc) is 2.87. The Hall–Kier alpha value is -1.13. The van der Waals surface area contributed by atoms with Crippen LogP contribution in [0.25, 0.3) is 0 Å². The van der Waals surface area contributed by atoms with E-state index in [1.165, 1.54) is 25.7 Å². The van der Waals surface area contributed by atoms with Gasteiger partial charge >= 0.3 is 0 Å². The fraction of sp³-hybridized carbons (Fsp3) is 0.667. The van der Waals surface area contributed by atoms with Gasteiger partial charge in [-0.2, -0.15) is 0 Å². The van der Waals surface area contributed by atoms with Crippen molar-refractivity contribution in [3.63, 3.8) is 0 Å². The SMILES string of the molecule is NC1(CN2CCN(c3ccccn3)CC2)CCCC1. The van der Waals surface area contributed by atoms with Crippen molar-refractivity contribution in [3.8, 4) is 0 Å². The van der Waals surface area contributed by atoms with Crippen molar-refractivity contribution < 1.29 is 0 Å². The largest absolute Gasteiger partial charge is 0.354 e. The standard InChI is InChI=1S/C15H24N4/c16-15(6-2-3-7-15)13-18-9-11-19(12-10-18)14-5-1-4-8-17-14/h1,4-5,8H,2-3,6-7,9-13,16H2. The molecule has 2 heterocycles. The van der Waals surface area contributed by atoms with Crippen molar-refractivity contribution in [1.82, 2.24) is 9.88 Å². The Morgan fingerprint density at radius 3 is 2.47 bits per heavy atom. The number of hydrogen-bond donors (Lipinski definition) is 1. The van der Waals surface area contributed by atoms with E-state index in [-0.39, 0.29) is 5.54 Å². The molecule has 104 valence electrons. The molecule has 2 fully saturated rings. The first kappa shape index (κ1) is 12.9. The third kappa shape index (κ3) is 3.07. The molecule has 0 unspecified atom stereocenters. The normalized spacial score (nSPS) is 23.7. The Balaban J connectivity index is 1.52. The lowest BCUT2D eigenvalue weighted by atomic mass is 9.98. The molecule has 0 amide bonds. The number of rotatable bonds is 3. The molecule has 0 bridgehead atoms. The third-order valence-corrected chi connectivity index (χ3v) is 4.48. The Kier molecular flexibility index (Phi) is 3.71. The number of nitrogens with two attached hydrogens (primary N) is 1. The lowest BCUT2D eigenvalue weighted by molar-refractivity contribution is 0.199. The molecule has 0 spiro atoms. The highest BCUT2D eigenvalue weighted by molar-refractivity contribution is 5.38. The van der Waals surface area contributed by atoms with Crippen molar-refractivity contribution in [2.75, 3.05) is 37.6 Å². The van der Waals surface area contributed by atoms with Gasteiger partial charge in [-0.15, -0.1) is 0 Å². The summed E-state index contributed by atoms with van der Waals surface area (Å²) in [4.78, 5) is 9.33. The van der Waals surface area contributed by atoms with Crippen LogP contribution in [0.4, 0.5) is 5.82 Å². The molecule has 1 aliphatic carbocycles. The summed E-state index contributed by atoms with van der Waals surface area (Å²) in [5.74, 6) is 1.10. The number of piperazine rings is 1. The predicted molar refractivity (Wildman–Crippen MR) is 78.3 cm³/mol. The third-order valence-electron chi connectivity index (χ3n) is 4.48. The summed E-state index contributed by atoms with van der Waals surface area (Å²) in [6, 6.07) is 6.12. The van der Waals surface area contributed by atoms with Crippen LogP contribution in [0.15, 0.2) is 24.4 Å². The molecular weight excluding hydrogens is 236 g/mol. The van der Waals surface area contributed by atoms with E-state index < -0.39 is 0 Å². The minimum atomic E-state index is 0.0904. The fourth-order valence-electron chi connectivity index (χ4n) is 3.36. The molecule has 3 rings (SSSR count). The van der Waals surface area contributed by atoms with E-state index >= 15 is 0 Å². The molecule has 0 radical (unpaired) electrons. The van der Waals surface area contributed by atoms with Crippen molar-refractivity contribution in [3.05, 3.63) is 24.4 Å². The highest BCUT2D eigenvalue weighted by atomic mass is 15.3. The lowest BCUT2D eigenvalue weighted by Crippen LogP contribution is -2.54. The highest BCUT2D eigenvalue weighted by Gasteiger charge is 2.32. The van der Waals surface area contributed by atoms with Crippen LogP contribution >= 0.6 is 0 Å². The predicted octanol–water partition coefficient (Wildman–Crippen LogP) is 1.48. The molecule has 1 saturated carbocycles. The Morgan fingerprint density at radius 1 is 1.11 bits per heavy atom. The maximum Gasteiger partial charge on any atom is 0.128 e. The first-order chi connectivity index (χ1) is 9.25. The fourth-order valence-corrected chi connectivity index (χ4v) is 3.36. The topological polar surface area (TPSA) is 45.4 Å². The zero-order valence-electron chi connectivity index (χ0n) is 11.6. The molecule has 2 N–H and O–H groups in total. The summed E-state index contributed by atoms with van der Waals surface area (Å²) < 4.78 is 0. The van der Waals surface area contributed by atoms with Crippen LogP contribution < -0.4 is 10.6 Å². The van der Waals surface area contributed by atoms with E-state index in [0.29, 0.717) is 0 Å². The van der Waals surface area contributed by atoms with Crippen LogP contribution in [0.3, 0.4) is 0 Å². The maximum absolute atomic E-state index is 6.47. The monoisotopic (exact) mass is 260 g/mol. The van der Waals surface area contributed by atoms with E-state index in [1.807, 2.05) is 12.3 Å². The van der Waals surface area contributed by atoms with Gasteiger partial charge in [0.15, 0.2) is 0 Å². The highest BCUT2D eigenvalue weighted by Crippen LogP contribution is 2.28. The molecule has 1 saturated heterocycles. The van der Waals surface area contributed by atoms with Crippen molar-refractivity contribution >= 4 is 5.82 Å². The Bertz CT molecular complexity index is 392. The van der Waals surface area contributed by atoms with Crippen molar-refractivity contribution in [2.24, 2.45) is 5.73 Å². The molecule has 4 nitrogen and oxygen atoms in total. The summed E-state index contributed by atoms with van der Waals surface area (Å²) >= 11 is 0. The van der Waals surface area contributed by atoms with Crippen LogP contribution in [0, 0.1) is 0 Å². The molecule has 1 aromatic heterocycles. The maximum atomic E-state index is 6.47. The van der Waals surface area contributed by atoms with Gasteiger partial charge in [-0.25, -0.2) is 4.98 Å². The van der Waals surface area contributed by atoms with Gasteiger partial charge in [-0.05, 0) is 25.0 Å². The van der Waals surface area contributed by atoms with Gasteiger partial charge in [0.2, 0.25) is 0 Å². The smallest absolute Gasteiger partial charge is 0.128 e. The summed E-state index contributed by atoms with van der Waals surface area (Å²) in [5, 5.41) is 0. The molecule has 0 atom stereocenters. The van der Waals surface area contributed by atoms with Crippen LogP contribution in [-0.2, 0) is 0 Å². The molecule has 19 heavy (non-hydrogen) atoms. The lowest BCUT2D eigenvalue weighted by Gasteiger charge is -2.39. The van der Waals surface area contributed by atoms with Crippen molar-refractivity contribution in [2.45, 2.75) is 31.2 Å². The van der Waals surface area contributed by atoms with Crippen LogP contribution in [0.5, 0.6) is 0 Å². The van der Waals surface area contributed by atoms with E-state index in [9.17, 15) is 0 Å². The molecular formula is C15H24N4. The van der Waals surface area contributed by atoms with Gasteiger partial charge in [0, 0.05) is 44.5 Å². The first-order valence-electron chi connectivity index (χ1n) is 7.42. The van der Waals surface area contributed by atoms with Gasteiger partial charge < -0.3 is 10.6 Å². The van der Waals surface area contributed by atoms with Crippen LogP contribution in [0.2, 0.25) is 0 Å². The van der Waals surface area contributed by atoms with E-state index in [0.717, 1.165) is 38.5 Å². The number of pyridine rings is 1. The zero-order valence-corrected chi connectivity index (χ0v) is 11.6. The van der Waals surface area contributed by atoms with Gasteiger partial charge in [-0.1, -0.05) is 18.9 Å². The van der Waals surface area contributed by atoms with Gasteiger partial charge in [0.25, 0.3) is 0 Å². The van der Waals surface area contributed by atoms with Gasteiger partial charge in [0.05, 0.1) is 0 Å². The van der Waals surface area contributed by atoms with Crippen LogP contribution in [-0.4, -0.2) is 48.1 Å².